The fourth-order valence-electron chi connectivity index (χ4n) is 0. The van der Waals surface area contributed by atoms with E-state index in [-0.39, 0.29) is 0 Å². The van der Waals surface area contributed by atoms with Crippen LogP contribution in [0.2, 0.25) is 0 Å². The molecule has 0 atom stereocenters. The highest BCUT2D eigenvalue weighted by molar-refractivity contribution is 7.67. The van der Waals surface area contributed by atoms with Crippen molar-refractivity contribution in [1.29, 1.82) is 0 Å². The molecule has 0 unspecified atom stereocenters. The Balaban J connectivity index is 3.47. The lowest BCUT2D eigenvalue weighted by atomic mass is 11.9. The molecule has 0 rings (SSSR count). The van der Waals surface area contributed by atoms with E-state index < -0.39 is 7.20 Å². The molecule has 0 aromatic heterocycles. The van der Waals surface area contributed by atoms with E-state index in [1.54, 1.807) is 0 Å². The lowest BCUT2D eigenvalue weighted by Gasteiger charge is -1.89. The van der Waals surface area contributed by atoms with Crippen LogP contribution in [0, 0.1) is 0 Å². The van der Waals surface area contributed by atoms with Gasteiger partial charge in [0.05, 0.1) is 0 Å². The fourth-order valence-corrected chi connectivity index (χ4v) is 0. The summed E-state index contributed by atoms with van der Waals surface area (Å²) in [5.41, 5.74) is 0. The van der Waals surface area contributed by atoms with Crippen LogP contribution in [0.25, 0.3) is 0 Å². The lowest BCUT2D eigenvalue weighted by Crippen LogP contribution is -1.54. The van der Waals surface area contributed by atoms with Crippen molar-refractivity contribution in [3.63, 3.8) is 0 Å². The summed E-state index contributed by atoms with van der Waals surface area (Å²) in [7, 11) is -2.14. The van der Waals surface area contributed by atoms with E-state index in [4.69, 9.17) is 0 Å². The summed E-state index contributed by atoms with van der Waals surface area (Å²) < 4.78 is 11.7. The molecule has 0 fully saturated rings. The van der Waals surface area contributed by atoms with Crippen LogP contribution in [-0.4, -0.2) is 19.6 Å². The minimum Gasteiger partial charge on any atom is -0.231 e. The second-order valence-corrected chi connectivity index (χ2v) is 4.61. The van der Waals surface area contributed by atoms with Gasteiger partial charge in [-0.15, -0.1) is 0 Å². The third-order valence-electron chi connectivity index (χ3n) is 0. The molecule has 0 aliphatic rings. The standard InChI is InChI=1S/C3H8FP/c1-5(2,3)4/h1H2,2-3H3. The Morgan fingerprint density at radius 3 is 1.60 bits per heavy atom. The van der Waals surface area contributed by atoms with E-state index in [0.29, 0.717) is 0 Å². The van der Waals surface area contributed by atoms with Gasteiger partial charge < -0.3 is 0 Å². The van der Waals surface area contributed by atoms with Gasteiger partial charge in [0.2, 0.25) is 0 Å². The average molecular weight is 94.1 g/mol. The van der Waals surface area contributed by atoms with Gasteiger partial charge in [0.15, 0.2) is 0 Å². The maximum Gasteiger partial charge on any atom is 0.0434 e. The predicted octanol–water partition coefficient (Wildman–Crippen LogP) is 1.58. The molecule has 0 aliphatic carbocycles. The van der Waals surface area contributed by atoms with Crippen LogP contribution < -0.4 is 0 Å². The van der Waals surface area contributed by atoms with E-state index in [2.05, 4.69) is 6.30 Å². The molecule has 0 N–H and O–H groups in total. The third kappa shape index (κ3) is 398. The molecule has 0 radical (unpaired) electrons. The molecule has 0 saturated heterocycles. The van der Waals surface area contributed by atoms with E-state index in [1.807, 2.05) is 0 Å². The average Bonchev–Trinajstić information content (AvgIpc) is 0.722. The largest absolute Gasteiger partial charge is 0.231 e. The van der Waals surface area contributed by atoms with Crippen molar-refractivity contribution in [2.45, 2.75) is 0 Å². The van der Waals surface area contributed by atoms with Crippen molar-refractivity contribution in [2.75, 3.05) is 13.3 Å². The Labute approximate surface area is 32.1 Å². The molecule has 0 amide bonds. The first-order chi connectivity index (χ1) is 2.00. The van der Waals surface area contributed by atoms with Crippen LogP contribution >= 0.6 is 7.20 Å². The van der Waals surface area contributed by atoms with E-state index in [9.17, 15) is 4.20 Å². The highest BCUT2D eigenvalue weighted by Gasteiger charge is 1.85. The zero-order chi connectivity index (χ0) is 4.50. The molecule has 0 heterocycles. The van der Waals surface area contributed by atoms with Crippen molar-refractivity contribution in [2.24, 2.45) is 0 Å². The highest BCUT2D eigenvalue weighted by Crippen LogP contribution is 2.35. The number of hydrogen-bond acceptors (Lipinski definition) is 0. The van der Waals surface area contributed by atoms with Crippen LogP contribution in [0.15, 0.2) is 0 Å². The van der Waals surface area contributed by atoms with Crippen molar-refractivity contribution in [3.05, 3.63) is 0 Å². The van der Waals surface area contributed by atoms with Crippen LogP contribution in [-0.2, 0) is 0 Å². The Morgan fingerprint density at radius 2 is 1.60 bits per heavy atom. The Bertz CT molecular complexity index is 53.0. The van der Waals surface area contributed by atoms with Gasteiger partial charge >= 0.3 is 0 Å². The van der Waals surface area contributed by atoms with Crippen molar-refractivity contribution >= 4 is 13.5 Å². The molecular weight excluding hydrogens is 86.0 g/mol. The zero-order valence-electron chi connectivity index (χ0n) is 3.53. The fraction of sp³-hybridized carbons (Fsp3) is 0.667. The Morgan fingerprint density at radius 1 is 1.60 bits per heavy atom. The molecular formula is C3H8FP. The minimum absolute atomic E-state index is 1.52. The third-order valence-corrected chi connectivity index (χ3v) is 0. The second-order valence-electron chi connectivity index (χ2n) is 1.54. The summed E-state index contributed by atoms with van der Waals surface area (Å²) >= 11 is 0. The molecule has 0 bridgehead atoms. The van der Waals surface area contributed by atoms with Gasteiger partial charge in [0, 0.05) is 7.20 Å². The van der Waals surface area contributed by atoms with E-state index in [0.717, 1.165) is 0 Å². The monoisotopic (exact) mass is 94.0 g/mol. The van der Waals surface area contributed by atoms with Gasteiger partial charge in [-0.2, -0.15) is 0 Å². The van der Waals surface area contributed by atoms with Gasteiger partial charge in [0.1, 0.15) is 0 Å². The molecule has 0 spiro atoms. The van der Waals surface area contributed by atoms with Crippen molar-refractivity contribution < 1.29 is 4.20 Å². The first-order valence-corrected chi connectivity index (χ1v) is 4.14. The van der Waals surface area contributed by atoms with Crippen LogP contribution in [0.4, 0.5) is 4.20 Å². The van der Waals surface area contributed by atoms with Crippen LogP contribution in [0.1, 0.15) is 0 Å². The summed E-state index contributed by atoms with van der Waals surface area (Å²) in [5, 5.41) is 0. The summed E-state index contributed by atoms with van der Waals surface area (Å²) in [6.45, 7) is 3.04. The van der Waals surface area contributed by atoms with Gasteiger partial charge in [-0.3, -0.25) is 0 Å². The first-order valence-electron chi connectivity index (χ1n) is 1.38. The van der Waals surface area contributed by atoms with E-state index in [1.165, 1.54) is 13.3 Å². The SMILES string of the molecule is C=P(C)(C)F. The number of halogens is 1. The number of hydrogen-bond donors (Lipinski definition) is 0. The van der Waals surface area contributed by atoms with Gasteiger partial charge in [0.25, 0.3) is 0 Å². The smallest absolute Gasteiger partial charge is 0.0434 e. The molecule has 5 heavy (non-hydrogen) atoms. The van der Waals surface area contributed by atoms with Gasteiger partial charge in [-0.25, -0.2) is 4.20 Å². The van der Waals surface area contributed by atoms with Crippen LogP contribution in [0.5, 0.6) is 0 Å². The lowest BCUT2D eigenvalue weighted by molar-refractivity contribution is 0.901. The molecule has 32 valence electrons. The summed E-state index contributed by atoms with van der Waals surface area (Å²) in [6, 6.07) is 0. The molecule has 0 aliphatic heterocycles. The van der Waals surface area contributed by atoms with Gasteiger partial charge in [-0.1, -0.05) is 6.30 Å². The normalized spacial score (nSPS) is 11.8. The molecule has 0 aromatic rings. The molecule has 2 heteroatoms. The zero-order valence-corrected chi connectivity index (χ0v) is 4.43. The van der Waals surface area contributed by atoms with Gasteiger partial charge in [-0.05, 0) is 13.3 Å². The second kappa shape index (κ2) is 1.14. The molecule has 0 saturated carbocycles. The quantitative estimate of drug-likeness (QED) is 0.400. The molecule has 0 aromatic carbocycles. The van der Waals surface area contributed by atoms with Crippen LogP contribution in [0.3, 0.4) is 0 Å². The topological polar surface area (TPSA) is 0 Å². The summed E-state index contributed by atoms with van der Waals surface area (Å²) in [4.78, 5) is 0. The van der Waals surface area contributed by atoms with Crippen molar-refractivity contribution in [1.82, 2.24) is 0 Å². The minimum atomic E-state index is -2.14. The summed E-state index contributed by atoms with van der Waals surface area (Å²) in [5.74, 6) is 0. The molecule has 0 nitrogen and oxygen atoms in total. The number of rotatable bonds is 0. The Hall–Kier alpha value is 0.230. The predicted molar refractivity (Wildman–Crippen MR) is 27.0 cm³/mol. The highest BCUT2D eigenvalue weighted by atomic mass is 31.2. The van der Waals surface area contributed by atoms with Crippen molar-refractivity contribution in [3.8, 4) is 0 Å². The van der Waals surface area contributed by atoms with E-state index >= 15 is 0 Å². The maximum absolute atomic E-state index is 11.7. The maximum atomic E-state index is 11.7. The first kappa shape index (κ1) is 5.23. The Kier molecular flexibility index (Phi) is 1.19. The summed E-state index contributed by atoms with van der Waals surface area (Å²) in [6.07, 6.45) is 3.22.